The van der Waals surface area contributed by atoms with Crippen molar-refractivity contribution in [3.8, 4) is 5.75 Å². The Morgan fingerprint density at radius 2 is 2.04 bits per heavy atom. The molecule has 6 nitrogen and oxygen atoms in total. The number of carboxylic acids is 1. The van der Waals surface area contributed by atoms with Crippen LogP contribution in [0.15, 0.2) is 41.6 Å². The van der Waals surface area contributed by atoms with Gasteiger partial charge in [-0.05, 0) is 36.8 Å². The Hall–Kier alpha value is -1.96. The molecule has 0 radical (unpaired) electrons. The third kappa shape index (κ3) is 7.11. The van der Waals surface area contributed by atoms with E-state index in [2.05, 4.69) is 10.3 Å². The maximum absolute atomic E-state index is 11.9. The van der Waals surface area contributed by atoms with Gasteiger partial charge in [0.25, 0.3) is 0 Å². The number of nitrogens with zero attached hydrogens (tertiary/aromatic N) is 1. The second-order valence-corrected chi connectivity index (χ2v) is 6.98. The molecule has 0 aliphatic carbocycles. The van der Waals surface area contributed by atoms with Crippen LogP contribution in [0.5, 0.6) is 5.75 Å². The van der Waals surface area contributed by atoms with Crippen LogP contribution in [0.2, 0.25) is 10.0 Å². The number of hydrogen-bond acceptors (Lipinski definition) is 5. The highest BCUT2D eigenvalue weighted by molar-refractivity contribution is 7.99. The van der Waals surface area contributed by atoms with Crippen LogP contribution in [0.25, 0.3) is 0 Å². The van der Waals surface area contributed by atoms with Crippen molar-refractivity contribution in [2.75, 3.05) is 17.7 Å². The van der Waals surface area contributed by atoms with E-state index in [0.29, 0.717) is 39.5 Å². The molecule has 0 atom stereocenters. The highest BCUT2D eigenvalue weighted by atomic mass is 35.5. The van der Waals surface area contributed by atoms with Crippen LogP contribution in [0.1, 0.15) is 12.8 Å². The molecule has 0 spiro atoms. The van der Waals surface area contributed by atoms with Gasteiger partial charge in [-0.3, -0.25) is 9.59 Å². The Balaban J connectivity index is 1.70. The first-order valence-electron chi connectivity index (χ1n) is 7.62. The van der Waals surface area contributed by atoms with Crippen LogP contribution in [0.4, 0.5) is 5.69 Å². The van der Waals surface area contributed by atoms with E-state index in [4.69, 9.17) is 33.0 Å². The summed E-state index contributed by atoms with van der Waals surface area (Å²) in [4.78, 5) is 26.5. The van der Waals surface area contributed by atoms with E-state index in [9.17, 15) is 9.59 Å². The molecule has 26 heavy (non-hydrogen) atoms. The monoisotopic (exact) mass is 414 g/mol. The zero-order valence-electron chi connectivity index (χ0n) is 13.6. The molecule has 1 aromatic carbocycles. The summed E-state index contributed by atoms with van der Waals surface area (Å²) in [7, 11) is 0. The van der Waals surface area contributed by atoms with Gasteiger partial charge in [-0.1, -0.05) is 35.0 Å². The minimum atomic E-state index is -0.906. The summed E-state index contributed by atoms with van der Waals surface area (Å²) in [6, 6.07) is 8.30. The van der Waals surface area contributed by atoms with E-state index in [1.165, 1.54) is 6.20 Å². The lowest BCUT2D eigenvalue weighted by Gasteiger charge is -2.09. The summed E-state index contributed by atoms with van der Waals surface area (Å²) in [5.41, 5.74) is 0.552. The number of pyridine rings is 1. The quantitative estimate of drug-likeness (QED) is 0.467. The average molecular weight is 415 g/mol. The summed E-state index contributed by atoms with van der Waals surface area (Å²) in [5.74, 6) is -0.606. The Morgan fingerprint density at radius 1 is 1.23 bits per heavy atom. The van der Waals surface area contributed by atoms with Gasteiger partial charge in [0.1, 0.15) is 5.75 Å². The first-order valence-corrected chi connectivity index (χ1v) is 9.36. The molecule has 2 aromatic rings. The van der Waals surface area contributed by atoms with Crippen LogP contribution < -0.4 is 10.1 Å². The van der Waals surface area contributed by atoms with Gasteiger partial charge in [0.2, 0.25) is 5.91 Å². The van der Waals surface area contributed by atoms with Crippen LogP contribution in [-0.4, -0.2) is 34.3 Å². The summed E-state index contributed by atoms with van der Waals surface area (Å²) < 4.78 is 5.52. The number of amides is 1. The van der Waals surface area contributed by atoms with Gasteiger partial charge in [0.15, 0.2) is 0 Å². The molecule has 0 unspecified atom stereocenters. The molecule has 2 N–H and O–H groups in total. The topological polar surface area (TPSA) is 88.5 Å². The number of carboxylic acid groups (broad SMARTS) is 1. The van der Waals surface area contributed by atoms with E-state index in [1.54, 1.807) is 30.3 Å². The summed E-state index contributed by atoms with van der Waals surface area (Å²) >= 11 is 12.9. The van der Waals surface area contributed by atoms with Crippen molar-refractivity contribution < 1.29 is 19.4 Å². The largest absolute Gasteiger partial charge is 0.492 e. The molecule has 2 rings (SSSR count). The first-order chi connectivity index (χ1) is 12.4. The second-order valence-electron chi connectivity index (χ2n) is 5.14. The minimum Gasteiger partial charge on any atom is -0.492 e. The van der Waals surface area contributed by atoms with E-state index in [1.807, 2.05) is 0 Å². The maximum atomic E-state index is 11.9. The van der Waals surface area contributed by atoms with Crippen molar-refractivity contribution in [2.24, 2.45) is 0 Å². The fourth-order valence-electron chi connectivity index (χ4n) is 1.91. The van der Waals surface area contributed by atoms with Crippen molar-refractivity contribution in [1.82, 2.24) is 4.98 Å². The Labute approximate surface area is 164 Å². The molecule has 1 amide bonds. The number of ether oxygens (including phenoxy) is 1. The average Bonchev–Trinajstić information content (AvgIpc) is 2.59. The number of anilines is 1. The molecular formula is C17H16Cl2N2O4S. The van der Waals surface area contributed by atoms with Crippen molar-refractivity contribution >= 4 is 52.5 Å². The van der Waals surface area contributed by atoms with Gasteiger partial charge in [0.05, 0.1) is 34.3 Å². The number of benzene rings is 1. The zero-order chi connectivity index (χ0) is 18.9. The first kappa shape index (κ1) is 20.4. The minimum absolute atomic E-state index is 0.0592. The van der Waals surface area contributed by atoms with E-state index < -0.39 is 5.97 Å². The molecule has 1 heterocycles. The lowest BCUT2D eigenvalue weighted by atomic mass is 10.3. The van der Waals surface area contributed by atoms with Crippen LogP contribution >= 0.6 is 35.0 Å². The zero-order valence-corrected chi connectivity index (χ0v) is 15.9. The number of carbonyl (C=O) groups is 2. The highest BCUT2D eigenvalue weighted by Gasteiger charge is 2.06. The molecule has 9 heteroatoms. The van der Waals surface area contributed by atoms with Crippen molar-refractivity contribution in [3.63, 3.8) is 0 Å². The lowest BCUT2D eigenvalue weighted by molar-refractivity contribution is -0.133. The molecule has 138 valence electrons. The number of thioether (sulfide) groups is 1. The number of hydrogen-bond donors (Lipinski definition) is 2. The molecule has 0 saturated heterocycles. The molecule has 0 aliphatic rings. The molecule has 0 aliphatic heterocycles. The smallest absolute Gasteiger partial charge is 0.313 e. The predicted molar refractivity (Wildman–Crippen MR) is 102 cm³/mol. The van der Waals surface area contributed by atoms with Crippen LogP contribution in [0, 0.1) is 0 Å². The third-order valence-electron chi connectivity index (χ3n) is 3.06. The standard InChI is InChI=1S/C17H16Cl2N2O4S/c18-11-3-5-14(13(19)8-11)25-7-1-2-15(22)21-12-4-6-16(20-9-12)26-10-17(23)24/h3-6,8-9H,1-2,7,10H2,(H,21,22)(H,23,24). The fraction of sp³-hybridized carbons (Fsp3) is 0.235. The maximum Gasteiger partial charge on any atom is 0.313 e. The molecule has 0 bridgehead atoms. The Morgan fingerprint density at radius 3 is 2.69 bits per heavy atom. The summed E-state index contributed by atoms with van der Waals surface area (Å²) in [6.45, 7) is 0.345. The Kier molecular flexibility index (Phi) is 8.03. The van der Waals surface area contributed by atoms with Gasteiger partial charge in [0, 0.05) is 11.4 Å². The number of aliphatic carboxylic acids is 1. The summed E-state index contributed by atoms with van der Waals surface area (Å²) in [5, 5.41) is 12.9. The third-order valence-corrected chi connectivity index (χ3v) is 4.52. The normalized spacial score (nSPS) is 10.4. The summed E-state index contributed by atoms with van der Waals surface area (Å²) in [6.07, 6.45) is 2.29. The number of halogens is 2. The SMILES string of the molecule is O=C(O)CSc1ccc(NC(=O)CCCOc2ccc(Cl)cc2Cl)cn1. The molecule has 0 fully saturated rings. The van der Waals surface area contributed by atoms with Crippen molar-refractivity contribution in [2.45, 2.75) is 17.9 Å². The second kappa shape index (κ2) is 10.3. The van der Waals surface area contributed by atoms with Gasteiger partial charge in [-0.25, -0.2) is 4.98 Å². The number of nitrogens with one attached hydrogen (secondary N) is 1. The lowest BCUT2D eigenvalue weighted by Crippen LogP contribution is -2.13. The van der Waals surface area contributed by atoms with Gasteiger partial charge in [-0.2, -0.15) is 0 Å². The molecular weight excluding hydrogens is 399 g/mol. The van der Waals surface area contributed by atoms with Gasteiger partial charge < -0.3 is 15.2 Å². The van der Waals surface area contributed by atoms with Crippen molar-refractivity contribution in [3.05, 3.63) is 46.6 Å². The van der Waals surface area contributed by atoms with E-state index >= 15 is 0 Å². The highest BCUT2D eigenvalue weighted by Crippen LogP contribution is 2.27. The van der Waals surface area contributed by atoms with Gasteiger partial charge >= 0.3 is 5.97 Å². The number of rotatable bonds is 9. The predicted octanol–water partition coefficient (Wildman–Crippen LogP) is 4.36. The van der Waals surface area contributed by atoms with E-state index in [-0.39, 0.29) is 18.1 Å². The Bertz CT molecular complexity index is 772. The number of carbonyl (C=O) groups excluding carboxylic acids is 1. The number of aromatic nitrogens is 1. The van der Waals surface area contributed by atoms with Crippen LogP contribution in [-0.2, 0) is 9.59 Å². The van der Waals surface area contributed by atoms with Crippen LogP contribution in [0.3, 0.4) is 0 Å². The van der Waals surface area contributed by atoms with Gasteiger partial charge in [-0.15, -0.1) is 0 Å². The van der Waals surface area contributed by atoms with Crippen molar-refractivity contribution in [1.29, 1.82) is 0 Å². The molecule has 1 aromatic heterocycles. The molecule has 0 saturated carbocycles. The van der Waals surface area contributed by atoms with E-state index in [0.717, 1.165) is 11.8 Å². The fourth-order valence-corrected chi connectivity index (χ4v) is 2.93.